The highest BCUT2D eigenvalue weighted by atomic mass is 16.5. The van der Waals surface area contributed by atoms with Crippen molar-refractivity contribution in [2.75, 3.05) is 27.4 Å². The van der Waals surface area contributed by atoms with Crippen molar-refractivity contribution in [3.05, 3.63) is 48.5 Å². The van der Waals surface area contributed by atoms with Crippen molar-refractivity contribution in [2.24, 2.45) is 0 Å². The number of carbonyl (C=O) groups is 1. The summed E-state index contributed by atoms with van der Waals surface area (Å²) in [6.07, 6.45) is 0. The molecule has 5 heteroatoms. The van der Waals surface area contributed by atoms with Gasteiger partial charge >= 0.3 is 0 Å². The maximum absolute atomic E-state index is 11.7. The van der Waals surface area contributed by atoms with E-state index in [0.717, 1.165) is 11.5 Å². The van der Waals surface area contributed by atoms with Gasteiger partial charge in [-0.3, -0.25) is 4.79 Å². The van der Waals surface area contributed by atoms with Gasteiger partial charge < -0.3 is 18.9 Å². The second kappa shape index (κ2) is 7.93. The van der Waals surface area contributed by atoms with E-state index < -0.39 is 0 Å². The first-order valence-electron chi connectivity index (χ1n) is 6.76. The highest BCUT2D eigenvalue weighted by Crippen LogP contribution is 2.18. The molecule has 0 N–H and O–H groups in total. The minimum Gasteiger partial charge on any atom is -0.497 e. The lowest BCUT2D eigenvalue weighted by atomic mass is 10.3. The van der Waals surface area contributed by atoms with Crippen LogP contribution in [0.5, 0.6) is 23.0 Å². The molecule has 0 heterocycles. The summed E-state index contributed by atoms with van der Waals surface area (Å²) in [5.41, 5.74) is 0. The van der Waals surface area contributed by atoms with Crippen LogP contribution in [0.2, 0.25) is 0 Å². The van der Waals surface area contributed by atoms with Crippen LogP contribution in [0.25, 0.3) is 0 Å². The number of carbonyl (C=O) groups excluding carboxylic acids is 1. The van der Waals surface area contributed by atoms with E-state index in [9.17, 15) is 4.79 Å². The van der Waals surface area contributed by atoms with Gasteiger partial charge in [0.15, 0.2) is 0 Å². The minimum absolute atomic E-state index is 0.0392. The molecule has 2 aromatic carbocycles. The Morgan fingerprint density at radius 1 is 0.682 bits per heavy atom. The standard InChI is InChI=1S/C17H18O5/c1-19-14-3-7-16(8-4-14)21-11-13(18)12-22-17-9-5-15(20-2)6-10-17/h3-10H,11-12H2,1-2H3. The predicted octanol–water partition coefficient (Wildman–Crippen LogP) is 2.73. The predicted molar refractivity (Wildman–Crippen MR) is 82.0 cm³/mol. The van der Waals surface area contributed by atoms with Crippen molar-refractivity contribution < 1.29 is 23.7 Å². The average Bonchev–Trinajstić information content (AvgIpc) is 2.59. The van der Waals surface area contributed by atoms with Gasteiger partial charge in [-0.1, -0.05) is 0 Å². The van der Waals surface area contributed by atoms with Gasteiger partial charge in [0.1, 0.15) is 36.2 Å². The fourth-order valence-electron chi connectivity index (χ4n) is 1.71. The zero-order chi connectivity index (χ0) is 15.8. The molecule has 0 spiro atoms. The molecule has 0 aliphatic carbocycles. The van der Waals surface area contributed by atoms with Crippen LogP contribution in [-0.4, -0.2) is 33.2 Å². The summed E-state index contributed by atoms with van der Waals surface area (Å²) in [6.45, 7) is -0.0784. The lowest BCUT2D eigenvalue weighted by Crippen LogP contribution is -2.19. The van der Waals surface area contributed by atoms with E-state index in [-0.39, 0.29) is 19.0 Å². The molecule has 0 aromatic heterocycles. The SMILES string of the molecule is COc1ccc(OCC(=O)COc2ccc(OC)cc2)cc1. The second-order valence-electron chi connectivity index (χ2n) is 4.47. The molecular formula is C17H18O5. The Labute approximate surface area is 129 Å². The Morgan fingerprint density at radius 2 is 1.00 bits per heavy atom. The van der Waals surface area contributed by atoms with E-state index in [1.165, 1.54) is 0 Å². The monoisotopic (exact) mass is 302 g/mol. The van der Waals surface area contributed by atoms with Crippen LogP contribution in [0, 0.1) is 0 Å². The van der Waals surface area contributed by atoms with Gasteiger partial charge in [0.05, 0.1) is 14.2 Å². The summed E-state index contributed by atoms with van der Waals surface area (Å²) in [7, 11) is 3.19. The fourth-order valence-corrected chi connectivity index (χ4v) is 1.71. The zero-order valence-corrected chi connectivity index (χ0v) is 12.6. The zero-order valence-electron chi connectivity index (χ0n) is 12.6. The minimum atomic E-state index is -0.147. The van der Waals surface area contributed by atoms with Gasteiger partial charge in [-0.2, -0.15) is 0 Å². The molecule has 0 amide bonds. The number of benzene rings is 2. The first-order chi connectivity index (χ1) is 10.7. The maximum atomic E-state index is 11.7. The highest BCUT2D eigenvalue weighted by Gasteiger charge is 2.05. The first kappa shape index (κ1) is 15.7. The number of methoxy groups -OCH3 is 2. The Hall–Kier alpha value is -2.69. The molecule has 2 rings (SSSR count). The summed E-state index contributed by atoms with van der Waals surface area (Å²) in [4.78, 5) is 11.7. The topological polar surface area (TPSA) is 54.0 Å². The summed E-state index contributed by atoms with van der Waals surface area (Å²) in [6, 6.07) is 14.1. The lowest BCUT2D eigenvalue weighted by Gasteiger charge is -2.08. The third-order valence-corrected chi connectivity index (χ3v) is 2.92. The maximum Gasteiger partial charge on any atom is 0.207 e. The second-order valence-corrected chi connectivity index (χ2v) is 4.47. The Bertz CT molecular complexity index is 536. The van der Waals surface area contributed by atoms with E-state index in [1.807, 2.05) is 0 Å². The van der Waals surface area contributed by atoms with Crippen molar-refractivity contribution in [3.63, 3.8) is 0 Å². The van der Waals surface area contributed by atoms with Crippen LogP contribution >= 0.6 is 0 Å². The fraction of sp³-hybridized carbons (Fsp3) is 0.235. The molecule has 0 fully saturated rings. The molecule has 5 nitrogen and oxygen atoms in total. The van der Waals surface area contributed by atoms with Gasteiger partial charge in [0, 0.05) is 0 Å². The molecule has 0 aliphatic rings. The van der Waals surface area contributed by atoms with Crippen molar-refractivity contribution in [1.29, 1.82) is 0 Å². The third kappa shape index (κ3) is 4.70. The average molecular weight is 302 g/mol. The van der Waals surface area contributed by atoms with Crippen molar-refractivity contribution >= 4 is 5.78 Å². The quantitative estimate of drug-likeness (QED) is 0.750. The van der Waals surface area contributed by atoms with Crippen LogP contribution in [-0.2, 0) is 4.79 Å². The Morgan fingerprint density at radius 3 is 1.32 bits per heavy atom. The van der Waals surface area contributed by atoms with Gasteiger partial charge in [-0.15, -0.1) is 0 Å². The van der Waals surface area contributed by atoms with Crippen LogP contribution in [0.3, 0.4) is 0 Å². The van der Waals surface area contributed by atoms with Crippen LogP contribution in [0.4, 0.5) is 0 Å². The molecule has 0 aliphatic heterocycles. The molecule has 0 bridgehead atoms. The molecule has 0 unspecified atom stereocenters. The lowest BCUT2D eigenvalue weighted by molar-refractivity contribution is -0.123. The molecule has 0 radical (unpaired) electrons. The molecular weight excluding hydrogens is 284 g/mol. The van der Waals surface area contributed by atoms with Crippen molar-refractivity contribution in [1.82, 2.24) is 0 Å². The number of Topliss-reactive ketones (excluding diaryl/α,β-unsaturated/α-hetero) is 1. The third-order valence-electron chi connectivity index (χ3n) is 2.92. The van der Waals surface area contributed by atoms with Gasteiger partial charge in [0.25, 0.3) is 0 Å². The number of hydrogen-bond acceptors (Lipinski definition) is 5. The summed E-state index contributed by atoms with van der Waals surface area (Å²) in [5.74, 6) is 2.55. The smallest absolute Gasteiger partial charge is 0.207 e. The molecule has 2 aromatic rings. The van der Waals surface area contributed by atoms with Gasteiger partial charge in [0.2, 0.25) is 5.78 Å². The van der Waals surface area contributed by atoms with Crippen molar-refractivity contribution in [2.45, 2.75) is 0 Å². The van der Waals surface area contributed by atoms with Gasteiger partial charge in [-0.05, 0) is 48.5 Å². The normalized spacial score (nSPS) is 9.91. The molecule has 0 atom stereocenters. The molecule has 0 saturated heterocycles. The van der Waals surface area contributed by atoms with Crippen LogP contribution < -0.4 is 18.9 Å². The number of ether oxygens (including phenoxy) is 4. The van der Waals surface area contributed by atoms with Crippen LogP contribution in [0.15, 0.2) is 48.5 Å². The first-order valence-corrected chi connectivity index (χ1v) is 6.76. The molecule has 0 saturated carbocycles. The summed E-state index contributed by atoms with van der Waals surface area (Å²) < 4.78 is 20.9. The van der Waals surface area contributed by atoms with E-state index in [2.05, 4.69) is 0 Å². The Balaban J connectivity index is 1.74. The van der Waals surface area contributed by atoms with E-state index in [4.69, 9.17) is 18.9 Å². The number of hydrogen-bond donors (Lipinski definition) is 0. The largest absolute Gasteiger partial charge is 0.497 e. The van der Waals surface area contributed by atoms with Gasteiger partial charge in [-0.25, -0.2) is 0 Å². The Kier molecular flexibility index (Phi) is 5.65. The van der Waals surface area contributed by atoms with E-state index in [1.54, 1.807) is 62.8 Å². The number of rotatable bonds is 8. The molecule has 22 heavy (non-hydrogen) atoms. The number of ketones is 1. The summed E-state index contributed by atoms with van der Waals surface area (Å²) >= 11 is 0. The summed E-state index contributed by atoms with van der Waals surface area (Å²) in [5, 5.41) is 0. The van der Waals surface area contributed by atoms with Crippen LogP contribution in [0.1, 0.15) is 0 Å². The van der Waals surface area contributed by atoms with E-state index >= 15 is 0 Å². The molecule has 116 valence electrons. The highest BCUT2D eigenvalue weighted by molar-refractivity contribution is 5.81. The van der Waals surface area contributed by atoms with Crippen molar-refractivity contribution in [3.8, 4) is 23.0 Å². The van der Waals surface area contributed by atoms with E-state index in [0.29, 0.717) is 11.5 Å².